The van der Waals surface area contributed by atoms with Crippen molar-refractivity contribution >= 4 is 12.0 Å². The fourth-order valence-corrected chi connectivity index (χ4v) is 3.65. The molecule has 162 valence electrons. The maximum atomic E-state index is 12.7. The van der Waals surface area contributed by atoms with E-state index in [0.717, 1.165) is 22.3 Å². The number of nitrogens with zero attached hydrogens (tertiary/aromatic N) is 1. The molecule has 0 amide bonds. The number of hydrogen-bond acceptors (Lipinski definition) is 5. The number of rotatable bonds is 6. The van der Waals surface area contributed by atoms with Gasteiger partial charge in [-0.2, -0.15) is 0 Å². The number of carbonyl (C=O) groups is 1. The number of ether oxygens (including phenoxy) is 2. The van der Waals surface area contributed by atoms with Gasteiger partial charge in [-0.25, -0.2) is 9.79 Å². The summed E-state index contributed by atoms with van der Waals surface area (Å²) in [4.78, 5) is 17.5. The number of carbonyl (C=O) groups excluding carboxylic acids is 1. The van der Waals surface area contributed by atoms with Gasteiger partial charge in [-0.1, -0.05) is 84.9 Å². The van der Waals surface area contributed by atoms with Gasteiger partial charge in [0.2, 0.25) is 0 Å². The van der Waals surface area contributed by atoms with Gasteiger partial charge in [0, 0.05) is 5.70 Å². The first-order chi connectivity index (χ1) is 15.7. The molecule has 0 bridgehead atoms. The van der Waals surface area contributed by atoms with Crippen molar-refractivity contribution in [3.05, 3.63) is 107 Å². The third kappa shape index (κ3) is 4.89. The highest BCUT2D eigenvalue weighted by Gasteiger charge is 2.31. The molecule has 1 heterocycles. The fraction of sp³-hybridized carbons (Fsp3) is 0.185. The van der Waals surface area contributed by atoms with E-state index in [0.29, 0.717) is 30.5 Å². The molecule has 1 aliphatic heterocycles. The summed E-state index contributed by atoms with van der Waals surface area (Å²) < 4.78 is 11.2. The van der Waals surface area contributed by atoms with Crippen molar-refractivity contribution in [1.29, 1.82) is 0 Å². The summed E-state index contributed by atoms with van der Waals surface area (Å²) in [5, 5.41) is 3.12. The second-order valence-electron chi connectivity index (χ2n) is 7.48. The number of aliphatic imine (C=N–C) groups is 1. The van der Waals surface area contributed by atoms with Crippen LogP contribution in [0.5, 0.6) is 0 Å². The predicted octanol–water partition coefficient (Wildman–Crippen LogP) is 5.41. The van der Waals surface area contributed by atoms with E-state index in [2.05, 4.69) is 17.4 Å². The standard InChI is InChI=1S/C27H26N2O3/c1-3-31-26(30)24-19(2)28-27(32-18-20-10-6-4-7-11-20)29-25(24)23-16-14-22(15-17-23)21-12-8-5-9-13-21/h4-17,25H,3,18H2,1-2H3,(H,28,29). The van der Waals surface area contributed by atoms with Crippen LogP contribution in [0.15, 0.2) is 101 Å². The van der Waals surface area contributed by atoms with E-state index < -0.39 is 6.04 Å². The van der Waals surface area contributed by atoms with Crippen molar-refractivity contribution in [2.45, 2.75) is 26.5 Å². The molecule has 0 spiro atoms. The van der Waals surface area contributed by atoms with E-state index in [1.165, 1.54) is 0 Å². The van der Waals surface area contributed by atoms with E-state index in [1.807, 2.05) is 79.7 Å². The summed E-state index contributed by atoms with van der Waals surface area (Å²) in [6.07, 6.45) is 0. The van der Waals surface area contributed by atoms with E-state index in [9.17, 15) is 4.79 Å². The second kappa shape index (κ2) is 9.96. The van der Waals surface area contributed by atoms with Crippen molar-refractivity contribution in [1.82, 2.24) is 5.32 Å². The average molecular weight is 427 g/mol. The van der Waals surface area contributed by atoms with Gasteiger partial charge in [0.15, 0.2) is 0 Å². The van der Waals surface area contributed by atoms with E-state index in [-0.39, 0.29) is 5.97 Å². The minimum atomic E-state index is -0.508. The van der Waals surface area contributed by atoms with Crippen LogP contribution in [-0.2, 0) is 20.9 Å². The molecular weight excluding hydrogens is 400 g/mol. The summed E-state index contributed by atoms with van der Waals surface area (Å²) in [5.74, 6) is -0.375. The Hall–Kier alpha value is -3.86. The highest BCUT2D eigenvalue weighted by atomic mass is 16.5. The molecule has 0 radical (unpaired) electrons. The smallest absolute Gasteiger partial charge is 0.338 e. The van der Waals surface area contributed by atoms with E-state index in [1.54, 1.807) is 6.92 Å². The lowest BCUT2D eigenvalue weighted by Gasteiger charge is -2.26. The molecule has 5 heteroatoms. The molecule has 4 rings (SSSR count). The summed E-state index contributed by atoms with van der Waals surface area (Å²) in [5.41, 5.74) is 5.35. The largest absolute Gasteiger partial charge is 0.463 e. The third-order valence-corrected chi connectivity index (χ3v) is 5.27. The third-order valence-electron chi connectivity index (χ3n) is 5.27. The number of amidine groups is 1. The Morgan fingerprint density at radius 3 is 2.19 bits per heavy atom. The Bertz CT molecular complexity index is 1120. The zero-order valence-corrected chi connectivity index (χ0v) is 18.2. The van der Waals surface area contributed by atoms with Crippen LogP contribution < -0.4 is 5.32 Å². The minimum Gasteiger partial charge on any atom is -0.463 e. The highest BCUT2D eigenvalue weighted by molar-refractivity contribution is 5.94. The molecule has 0 aromatic heterocycles. The number of nitrogens with one attached hydrogen (secondary N) is 1. The molecule has 1 atom stereocenters. The quantitative estimate of drug-likeness (QED) is 0.536. The Labute approximate surface area is 188 Å². The molecule has 3 aromatic carbocycles. The number of esters is 1. The monoisotopic (exact) mass is 426 g/mol. The zero-order valence-electron chi connectivity index (χ0n) is 18.2. The maximum Gasteiger partial charge on any atom is 0.338 e. The van der Waals surface area contributed by atoms with Gasteiger partial charge in [0.1, 0.15) is 12.6 Å². The number of hydrogen-bond donors (Lipinski definition) is 1. The van der Waals surface area contributed by atoms with Crippen molar-refractivity contribution in [2.75, 3.05) is 6.61 Å². The lowest BCUT2D eigenvalue weighted by atomic mass is 9.94. The summed E-state index contributed by atoms with van der Waals surface area (Å²) in [6, 6.07) is 28.0. The summed E-state index contributed by atoms with van der Waals surface area (Å²) in [6.45, 7) is 4.33. The molecule has 0 aliphatic carbocycles. The molecule has 1 unspecified atom stereocenters. The van der Waals surface area contributed by atoms with Crippen LogP contribution >= 0.6 is 0 Å². The lowest BCUT2D eigenvalue weighted by Crippen LogP contribution is -2.33. The van der Waals surface area contributed by atoms with Crippen LogP contribution in [0, 0.1) is 0 Å². The van der Waals surface area contributed by atoms with Gasteiger partial charge < -0.3 is 14.8 Å². The first-order valence-corrected chi connectivity index (χ1v) is 10.7. The van der Waals surface area contributed by atoms with Crippen LogP contribution in [0.25, 0.3) is 11.1 Å². The van der Waals surface area contributed by atoms with Gasteiger partial charge in [0.25, 0.3) is 6.02 Å². The maximum absolute atomic E-state index is 12.7. The normalized spacial score (nSPS) is 15.6. The minimum absolute atomic E-state index is 0.302. The molecule has 32 heavy (non-hydrogen) atoms. The lowest BCUT2D eigenvalue weighted by molar-refractivity contribution is -0.138. The topological polar surface area (TPSA) is 59.9 Å². The van der Waals surface area contributed by atoms with Crippen molar-refractivity contribution in [3.63, 3.8) is 0 Å². The van der Waals surface area contributed by atoms with Crippen molar-refractivity contribution in [2.24, 2.45) is 4.99 Å². The SMILES string of the molecule is CCOC(=O)C1=C(C)NC(OCc2ccccc2)=NC1c1ccc(-c2ccccc2)cc1. The van der Waals surface area contributed by atoms with Crippen LogP contribution in [-0.4, -0.2) is 18.6 Å². The van der Waals surface area contributed by atoms with Gasteiger partial charge in [-0.05, 0) is 36.1 Å². The molecule has 0 fully saturated rings. The summed E-state index contributed by atoms with van der Waals surface area (Å²) >= 11 is 0. The molecule has 5 nitrogen and oxygen atoms in total. The van der Waals surface area contributed by atoms with E-state index in [4.69, 9.17) is 14.5 Å². The fourth-order valence-electron chi connectivity index (χ4n) is 3.65. The molecule has 0 saturated carbocycles. The molecule has 1 N–H and O–H groups in total. The number of allylic oxidation sites excluding steroid dienone is 1. The first kappa shape index (κ1) is 21.4. The Morgan fingerprint density at radius 2 is 1.53 bits per heavy atom. The van der Waals surface area contributed by atoms with Crippen molar-refractivity contribution in [3.8, 4) is 11.1 Å². The molecular formula is C27H26N2O3. The van der Waals surface area contributed by atoms with Crippen LogP contribution in [0.4, 0.5) is 0 Å². The van der Waals surface area contributed by atoms with Crippen LogP contribution in [0.3, 0.4) is 0 Å². The van der Waals surface area contributed by atoms with Gasteiger partial charge >= 0.3 is 5.97 Å². The second-order valence-corrected chi connectivity index (χ2v) is 7.48. The summed E-state index contributed by atoms with van der Waals surface area (Å²) in [7, 11) is 0. The predicted molar refractivity (Wildman–Crippen MR) is 126 cm³/mol. The Morgan fingerprint density at radius 1 is 0.906 bits per heavy atom. The average Bonchev–Trinajstić information content (AvgIpc) is 2.84. The van der Waals surface area contributed by atoms with Gasteiger partial charge in [0.05, 0.1) is 12.2 Å². The van der Waals surface area contributed by atoms with Crippen LogP contribution in [0.2, 0.25) is 0 Å². The molecule has 1 aliphatic rings. The zero-order chi connectivity index (χ0) is 22.3. The van der Waals surface area contributed by atoms with Crippen LogP contribution in [0.1, 0.15) is 31.0 Å². The molecule has 0 saturated heterocycles. The first-order valence-electron chi connectivity index (χ1n) is 10.7. The molecule has 3 aromatic rings. The van der Waals surface area contributed by atoms with Gasteiger partial charge in [-0.15, -0.1) is 0 Å². The van der Waals surface area contributed by atoms with Crippen molar-refractivity contribution < 1.29 is 14.3 Å². The highest BCUT2D eigenvalue weighted by Crippen LogP contribution is 2.33. The van der Waals surface area contributed by atoms with E-state index >= 15 is 0 Å². The Balaban J connectivity index is 1.62. The number of benzene rings is 3. The van der Waals surface area contributed by atoms with Gasteiger partial charge in [-0.3, -0.25) is 0 Å². The Kier molecular flexibility index (Phi) is 6.66.